The predicted molar refractivity (Wildman–Crippen MR) is 138 cm³/mol. The molecule has 4 rings (SSSR count). The molecule has 0 spiro atoms. The van der Waals surface area contributed by atoms with Crippen LogP contribution in [0.5, 0.6) is 17.2 Å². The number of ether oxygens (including phenoxy) is 3. The summed E-state index contributed by atoms with van der Waals surface area (Å²) in [6.07, 6.45) is -5.99. The number of fused-ring (bicyclic) bond motifs is 1. The Balaban J connectivity index is 1.83. The maximum absolute atomic E-state index is 13.7. The number of hydrogen-bond donors (Lipinski definition) is 1. The number of alkyl halides is 3. The van der Waals surface area contributed by atoms with Crippen LogP contribution < -0.4 is 14.2 Å². The van der Waals surface area contributed by atoms with E-state index in [0.717, 1.165) is 6.07 Å². The van der Waals surface area contributed by atoms with Crippen LogP contribution in [0.15, 0.2) is 60.7 Å². The first-order chi connectivity index (χ1) is 18.4. The van der Waals surface area contributed by atoms with E-state index in [0.29, 0.717) is 33.7 Å². The summed E-state index contributed by atoms with van der Waals surface area (Å²) in [7, 11) is 1.47. The Morgan fingerprint density at radius 2 is 1.74 bits per heavy atom. The van der Waals surface area contributed by atoms with Crippen LogP contribution >= 0.6 is 11.6 Å². The minimum absolute atomic E-state index is 0.139. The standard InChI is InChI=1S/C28H23ClF3NO6/c1-15-25(26(34)21-9-7-18(37-3)12-23(21)29)22-10-8-20(39-28(30,31)32)13-24(22)33(15)14-17-5-4-6-19(11-17)38-16(2)27(35)36/h4-13,16H,14H2,1-3H3,(H,35,36)/t16-/m1/s1. The van der Waals surface area contributed by atoms with Crippen molar-refractivity contribution in [2.45, 2.75) is 32.9 Å². The quantitative estimate of drug-likeness (QED) is 0.230. The van der Waals surface area contributed by atoms with E-state index in [9.17, 15) is 22.8 Å². The van der Waals surface area contributed by atoms with Crippen LogP contribution in [0.3, 0.4) is 0 Å². The first-order valence-electron chi connectivity index (χ1n) is 11.6. The smallest absolute Gasteiger partial charge is 0.497 e. The maximum Gasteiger partial charge on any atom is 0.573 e. The molecule has 0 saturated carbocycles. The van der Waals surface area contributed by atoms with E-state index in [1.54, 1.807) is 41.8 Å². The van der Waals surface area contributed by atoms with Gasteiger partial charge in [-0.1, -0.05) is 23.7 Å². The number of carboxylic acids is 1. The van der Waals surface area contributed by atoms with Gasteiger partial charge in [0.1, 0.15) is 17.2 Å². The van der Waals surface area contributed by atoms with Crippen molar-refractivity contribution < 1.29 is 42.1 Å². The molecule has 1 heterocycles. The maximum atomic E-state index is 13.7. The molecule has 0 aliphatic rings. The zero-order valence-electron chi connectivity index (χ0n) is 21.0. The van der Waals surface area contributed by atoms with E-state index in [-0.39, 0.29) is 22.7 Å². The van der Waals surface area contributed by atoms with Crippen LogP contribution in [0.4, 0.5) is 13.2 Å². The van der Waals surface area contributed by atoms with Gasteiger partial charge in [-0.25, -0.2) is 4.79 Å². The molecule has 0 unspecified atom stereocenters. The van der Waals surface area contributed by atoms with Crippen molar-refractivity contribution >= 4 is 34.3 Å². The number of nitrogens with zero attached hydrogens (tertiary/aromatic N) is 1. The van der Waals surface area contributed by atoms with E-state index in [4.69, 9.17) is 26.2 Å². The Hall–Kier alpha value is -4.18. The Morgan fingerprint density at radius 1 is 1.03 bits per heavy atom. The molecule has 0 radical (unpaired) electrons. The summed E-state index contributed by atoms with van der Waals surface area (Å²) < 4.78 is 55.3. The highest BCUT2D eigenvalue weighted by Gasteiger charge is 2.32. The van der Waals surface area contributed by atoms with E-state index < -0.39 is 30.0 Å². The summed E-state index contributed by atoms with van der Waals surface area (Å²) in [5.41, 5.74) is 1.94. The molecule has 11 heteroatoms. The van der Waals surface area contributed by atoms with E-state index in [1.807, 2.05) is 0 Å². The fraction of sp³-hybridized carbons (Fsp3) is 0.214. The Labute approximate surface area is 226 Å². The second-order valence-corrected chi connectivity index (χ2v) is 9.10. The molecule has 0 saturated heterocycles. The first kappa shape index (κ1) is 27.8. The van der Waals surface area contributed by atoms with Gasteiger partial charge in [0.25, 0.3) is 0 Å². The molecule has 0 bridgehead atoms. The van der Waals surface area contributed by atoms with Crippen molar-refractivity contribution in [2.75, 3.05) is 7.11 Å². The third kappa shape index (κ3) is 6.12. The van der Waals surface area contributed by atoms with Gasteiger partial charge >= 0.3 is 12.3 Å². The van der Waals surface area contributed by atoms with E-state index >= 15 is 0 Å². The number of carboxylic acid groups (broad SMARTS) is 1. The summed E-state index contributed by atoms with van der Waals surface area (Å²) in [6, 6.07) is 15.0. The molecular formula is C28H23ClF3NO6. The average molecular weight is 562 g/mol. The average Bonchev–Trinajstić information content (AvgIpc) is 3.13. The predicted octanol–water partition coefficient (Wildman–Crippen LogP) is 6.64. The minimum atomic E-state index is -4.90. The Kier molecular flexibility index (Phi) is 7.78. The highest BCUT2D eigenvalue weighted by molar-refractivity contribution is 6.35. The Bertz CT molecular complexity index is 1560. The van der Waals surface area contributed by atoms with Crippen LogP contribution in [0.25, 0.3) is 10.9 Å². The monoisotopic (exact) mass is 561 g/mol. The summed E-state index contributed by atoms with van der Waals surface area (Å²) in [5.74, 6) is -1.23. The molecule has 7 nitrogen and oxygen atoms in total. The molecule has 1 atom stereocenters. The largest absolute Gasteiger partial charge is 0.573 e. The number of carbonyl (C=O) groups excluding carboxylic acids is 1. The number of hydrogen-bond acceptors (Lipinski definition) is 5. The number of methoxy groups -OCH3 is 1. The highest BCUT2D eigenvalue weighted by Crippen LogP contribution is 2.35. The number of halogens is 4. The summed E-state index contributed by atoms with van der Waals surface area (Å²) in [5, 5.41) is 9.71. The van der Waals surface area contributed by atoms with Crippen molar-refractivity contribution in [3.63, 3.8) is 0 Å². The fourth-order valence-electron chi connectivity index (χ4n) is 4.24. The van der Waals surface area contributed by atoms with Gasteiger partial charge in [0.2, 0.25) is 0 Å². The van der Waals surface area contributed by atoms with Crippen molar-refractivity contribution in [3.8, 4) is 17.2 Å². The summed E-state index contributed by atoms with van der Waals surface area (Å²) in [6.45, 7) is 3.21. The van der Waals surface area contributed by atoms with Gasteiger partial charge in [-0.3, -0.25) is 4.79 Å². The van der Waals surface area contributed by atoms with Gasteiger partial charge < -0.3 is 23.9 Å². The zero-order valence-corrected chi connectivity index (χ0v) is 21.8. The van der Waals surface area contributed by atoms with Crippen molar-refractivity contribution in [3.05, 3.63) is 88.1 Å². The van der Waals surface area contributed by atoms with Crippen LogP contribution in [0.1, 0.15) is 34.1 Å². The molecule has 0 amide bonds. The van der Waals surface area contributed by atoms with Crippen LogP contribution in [-0.2, 0) is 11.3 Å². The topological polar surface area (TPSA) is 87.0 Å². The number of aromatic nitrogens is 1. The molecule has 0 aliphatic heterocycles. The third-order valence-electron chi connectivity index (χ3n) is 6.08. The van der Waals surface area contributed by atoms with Gasteiger partial charge in [-0.05, 0) is 61.9 Å². The zero-order chi connectivity index (χ0) is 28.5. The van der Waals surface area contributed by atoms with Crippen molar-refractivity contribution in [1.82, 2.24) is 4.57 Å². The molecule has 39 heavy (non-hydrogen) atoms. The molecule has 204 valence electrons. The highest BCUT2D eigenvalue weighted by atomic mass is 35.5. The molecular weight excluding hydrogens is 539 g/mol. The molecule has 4 aromatic rings. The first-order valence-corrected chi connectivity index (χ1v) is 12.0. The molecule has 1 N–H and O–H groups in total. The van der Waals surface area contributed by atoms with Crippen molar-refractivity contribution in [1.29, 1.82) is 0 Å². The lowest BCUT2D eigenvalue weighted by atomic mass is 10.00. The normalized spacial score (nSPS) is 12.3. The number of benzene rings is 3. The number of aliphatic carboxylic acids is 1. The number of ketones is 1. The third-order valence-corrected chi connectivity index (χ3v) is 6.39. The van der Waals surface area contributed by atoms with Gasteiger partial charge in [0, 0.05) is 29.3 Å². The van der Waals surface area contributed by atoms with Crippen LogP contribution in [-0.4, -0.2) is 41.0 Å². The molecule has 0 fully saturated rings. The molecule has 1 aromatic heterocycles. The molecule has 0 aliphatic carbocycles. The van der Waals surface area contributed by atoms with Gasteiger partial charge in [0.05, 0.1) is 23.2 Å². The lowest BCUT2D eigenvalue weighted by Gasteiger charge is -2.14. The van der Waals surface area contributed by atoms with Gasteiger partial charge in [-0.15, -0.1) is 13.2 Å². The van der Waals surface area contributed by atoms with Crippen molar-refractivity contribution in [2.24, 2.45) is 0 Å². The molecule has 3 aromatic carbocycles. The second-order valence-electron chi connectivity index (χ2n) is 8.69. The van der Waals surface area contributed by atoms with Crippen LogP contribution in [0.2, 0.25) is 5.02 Å². The summed E-state index contributed by atoms with van der Waals surface area (Å²) >= 11 is 6.36. The van der Waals surface area contributed by atoms with E-state index in [1.165, 1.54) is 38.3 Å². The number of rotatable bonds is 9. The minimum Gasteiger partial charge on any atom is -0.497 e. The van der Waals surface area contributed by atoms with Gasteiger partial charge in [0.15, 0.2) is 11.9 Å². The lowest BCUT2D eigenvalue weighted by molar-refractivity contribution is -0.274. The fourth-order valence-corrected chi connectivity index (χ4v) is 4.50. The Morgan fingerprint density at radius 3 is 2.38 bits per heavy atom. The van der Waals surface area contributed by atoms with E-state index in [2.05, 4.69) is 4.74 Å². The SMILES string of the molecule is COc1ccc(C(=O)c2c(C)n(Cc3cccc(O[C@H](C)C(=O)O)c3)c3cc(OC(F)(F)F)ccc23)c(Cl)c1. The van der Waals surface area contributed by atoms with Crippen LogP contribution in [0, 0.1) is 6.92 Å². The lowest BCUT2D eigenvalue weighted by Crippen LogP contribution is -2.22. The summed E-state index contributed by atoms with van der Waals surface area (Å²) in [4.78, 5) is 24.9. The number of carbonyl (C=O) groups is 2. The van der Waals surface area contributed by atoms with Gasteiger partial charge in [-0.2, -0.15) is 0 Å². The second kappa shape index (κ2) is 10.9.